The highest BCUT2D eigenvalue weighted by molar-refractivity contribution is 7.90. The van der Waals surface area contributed by atoms with E-state index in [1.54, 1.807) is 11.0 Å². The third-order valence-corrected chi connectivity index (χ3v) is 6.62. The van der Waals surface area contributed by atoms with Gasteiger partial charge in [0, 0.05) is 13.1 Å². The maximum atomic E-state index is 12.5. The number of halogens is 3. The molecule has 8 nitrogen and oxygen atoms in total. The number of carbonyl (C=O) groups excluding carboxylic acids is 2. The minimum atomic E-state index is -4.10. The van der Waals surface area contributed by atoms with E-state index in [0.717, 1.165) is 0 Å². The summed E-state index contributed by atoms with van der Waals surface area (Å²) in [6.07, 6.45) is -0.998. The van der Waals surface area contributed by atoms with Crippen molar-refractivity contribution >= 4 is 56.6 Å². The number of sulfonamides is 1. The normalized spacial score (nSPS) is 21.0. The van der Waals surface area contributed by atoms with Gasteiger partial charge in [0.15, 0.2) is 0 Å². The summed E-state index contributed by atoms with van der Waals surface area (Å²) in [5.74, 6) is -1.53. The topological polar surface area (TPSA) is 96.0 Å². The first kappa shape index (κ1) is 20.6. The lowest BCUT2D eigenvalue weighted by Crippen LogP contribution is -2.59. The Kier molecular flexibility index (Phi) is 5.90. The van der Waals surface area contributed by atoms with E-state index < -0.39 is 38.3 Å². The number of benzene rings is 1. The molecular formula is C15H16Cl3N3O5S. The summed E-state index contributed by atoms with van der Waals surface area (Å²) in [7, 11) is -4.10. The predicted octanol–water partition coefficient (Wildman–Crippen LogP) is 0.976. The molecule has 0 saturated carbocycles. The summed E-state index contributed by atoms with van der Waals surface area (Å²) in [6.45, 7) is 0.941. The molecule has 2 aliphatic heterocycles. The SMILES string of the molecule is O=C(CN1C(=O)c2ccccc2S1(=O)=O)N[C@H](N1CCOCC1)C(Cl)(Cl)Cl. The van der Waals surface area contributed by atoms with Gasteiger partial charge in [-0.25, -0.2) is 12.7 Å². The number of carbonyl (C=O) groups is 2. The van der Waals surface area contributed by atoms with Crippen molar-refractivity contribution in [3.05, 3.63) is 29.8 Å². The molecule has 1 atom stereocenters. The van der Waals surface area contributed by atoms with Crippen molar-refractivity contribution in [2.24, 2.45) is 0 Å². The number of alkyl halides is 3. The van der Waals surface area contributed by atoms with Crippen LogP contribution < -0.4 is 5.32 Å². The van der Waals surface area contributed by atoms with Gasteiger partial charge in [0.05, 0.1) is 18.8 Å². The van der Waals surface area contributed by atoms with Gasteiger partial charge in [0.25, 0.3) is 15.9 Å². The first-order chi connectivity index (χ1) is 12.6. The molecule has 1 aromatic rings. The Morgan fingerprint density at radius 2 is 1.85 bits per heavy atom. The van der Waals surface area contributed by atoms with Crippen molar-refractivity contribution in [1.82, 2.24) is 14.5 Å². The fourth-order valence-corrected chi connectivity index (χ4v) is 5.03. The van der Waals surface area contributed by atoms with Crippen LogP contribution in [0.3, 0.4) is 0 Å². The highest BCUT2D eigenvalue weighted by atomic mass is 35.6. The number of fused-ring (bicyclic) bond motifs is 1. The summed E-state index contributed by atoms with van der Waals surface area (Å²) in [6, 6.07) is 5.76. The van der Waals surface area contributed by atoms with Gasteiger partial charge < -0.3 is 10.1 Å². The molecule has 0 unspecified atom stereocenters. The van der Waals surface area contributed by atoms with Crippen LogP contribution in [0.25, 0.3) is 0 Å². The first-order valence-electron chi connectivity index (χ1n) is 7.96. The maximum Gasteiger partial charge on any atom is 0.269 e. The van der Waals surface area contributed by atoms with Crippen LogP contribution in [-0.4, -0.2) is 72.2 Å². The third-order valence-electron chi connectivity index (χ3n) is 4.22. The first-order valence-corrected chi connectivity index (χ1v) is 10.5. The molecule has 2 amide bonds. The van der Waals surface area contributed by atoms with Crippen molar-refractivity contribution in [3.63, 3.8) is 0 Å². The van der Waals surface area contributed by atoms with Gasteiger partial charge in [0.2, 0.25) is 9.70 Å². The quantitative estimate of drug-likeness (QED) is 0.679. The Bertz CT molecular complexity index is 852. The zero-order valence-electron chi connectivity index (χ0n) is 13.9. The summed E-state index contributed by atoms with van der Waals surface area (Å²) in [5.41, 5.74) is 0.0245. The second kappa shape index (κ2) is 7.73. The smallest absolute Gasteiger partial charge is 0.269 e. The molecule has 1 aromatic carbocycles. The average molecular weight is 457 g/mol. The molecule has 0 aromatic heterocycles. The fourth-order valence-electron chi connectivity index (χ4n) is 2.93. The summed E-state index contributed by atoms with van der Waals surface area (Å²) >= 11 is 18.0. The van der Waals surface area contributed by atoms with Gasteiger partial charge in [-0.2, -0.15) is 0 Å². The number of nitrogens with zero attached hydrogens (tertiary/aromatic N) is 2. The second-order valence-corrected chi connectivity index (χ2v) is 10.2. The second-order valence-electron chi connectivity index (χ2n) is 5.97. The van der Waals surface area contributed by atoms with E-state index in [0.29, 0.717) is 30.6 Å². The summed E-state index contributed by atoms with van der Waals surface area (Å²) in [4.78, 5) is 26.5. The van der Waals surface area contributed by atoms with E-state index in [1.165, 1.54) is 18.2 Å². The minimum Gasteiger partial charge on any atom is -0.379 e. The Morgan fingerprint density at radius 3 is 2.44 bits per heavy atom. The molecule has 0 spiro atoms. The molecule has 0 radical (unpaired) electrons. The highest BCUT2D eigenvalue weighted by Gasteiger charge is 2.44. The molecule has 12 heteroatoms. The van der Waals surface area contributed by atoms with Crippen LogP contribution in [0.4, 0.5) is 0 Å². The van der Waals surface area contributed by atoms with Gasteiger partial charge in [-0.1, -0.05) is 46.9 Å². The van der Waals surface area contributed by atoms with Crippen molar-refractivity contribution < 1.29 is 22.7 Å². The van der Waals surface area contributed by atoms with Crippen LogP contribution in [0.5, 0.6) is 0 Å². The van der Waals surface area contributed by atoms with Crippen molar-refractivity contribution in [2.45, 2.75) is 14.9 Å². The van der Waals surface area contributed by atoms with Gasteiger partial charge >= 0.3 is 0 Å². The number of nitrogens with one attached hydrogen (secondary N) is 1. The summed E-state index contributed by atoms with van der Waals surface area (Å²) < 4.78 is 29.0. The van der Waals surface area contributed by atoms with Crippen LogP contribution in [0, 0.1) is 0 Å². The van der Waals surface area contributed by atoms with Gasteiger partial charge in [-0.3, -0.25) is 14.5 Å². The average Bonchev–Trinajstić information content (AvgIpc) is 2.81. The number of hydrogen-bond donors (Lipinski definition) is 1. The number of hydrogen-bond acceptors (Lipinski definition) is 6. The summed E-state index contributed by atoms with van der Waals surface area (Å²) in [5, 5.41) is 2.52. The van der Waals surface area contributed by atoms with E-state index in [9.17, 15) is 18.0 Å². The van der Waals surface area contributed by atoms with E-state index in [-0.39, 0.29) is 10.5 Å². The zero-order chi connectivity index (χ0) is 19.8. The van der Waals surface area contributed by atoms with Crippen molar-refractivity contribution in [2.75, 3.05) is 32.8 Å². The highest BCUT2D eigenvalue weighted by Crippen LogP contribution is 2.33. The molecule has 3 rings (SSSR count). The molecule has 2 heterocycles. The lowest BCUT2D eigenvalue weighted by Gasteiger charge is -2.38. The Labute approximate surface area is 171 Å². The van der Waals surface area contributed by atoms with E-state index in [2.05, 4.69) is 5.32 Å². The van der Waals surface area contributed by atoms with Crippen molar-refractivity contribution in [1.29, 1.82) is 0 Å². The Morgan fingerprint density at radius 1 is 1.22 bits per heavy atom. The fraction of sp³-hybridized carbons (Fsp3) is 0.467. The van der Waals surface area contributed by atoms with E-state index in [1.807, 2.05) is 0 Å². The van der Waals surface area contributed by atoms with Crippen LogP contribution in [-0.2, 0) is 19.6 Å². The predicted molar refractivity (Wildman–Crippen MR) is 99.3 cm³/mol. The number of morpholine rings is 1. The van der Waals surface area contributed by atoms with Gasteiger partial charge in [-0.15, -0.1) is 0 Å². The van der Waals surface area contributed by atoms with Crippen LogP contribution in [0.15, 0.2) is 29.2 Å². The lowest BCUT2D eigenvalue weighted by molar-refractivity contribution is -0.123. The van der Waals surface area contributed by atoms with Crippen LogP contribution >= 0.6 is 34.8 Å². The number of rotatable bonds is 4. The molecular weight excluding hydrogens is 441 g/mol. The molecule has 27 heavy (non-hydrogen) atoms. The molecule has 148 valence electrons. The number of amides is 2. The monoisotopic (exact) mass is 455 g/mol. The van der Waals surface area contributed by atoms with Crippen molar-refractivity contribution in [3.8, 4) is 0 Å². The lowest BCUT2D eigenvalue weighted by atomic mass is 10.2. The maximum absolute atomic E-state index is 12.5. The Balaban J connectivity index is 1.76. The third kappa shape index (κ3) is 4.18. The van der Waals surface area contributed by atoms with E-state index in [4.69, 9.17) is 39.5 Å². The van der Waals surface area contributed by atoms with Crippen LogP contribution in [0.1, 0.15) is 10.4 Å². The number of ether oxygens (including phenoxy) is 1. The molecule has 0 aliphatic carbocycles. The standard InChI is InChI=1S/C15H16Cl3N3O5S/c16-15(17,18)14(20-5-7-26-8-6-20)19-12(22)9-21-13(23)10-3-1-2-4-11(10)27(21,24)25/h1-4,14H,5-9H2,(H,19,22)/t14-/m1/s1. The Hall–Kier alpha value is -1.10. The molecule has 1 N–H and O–H groups in total. The van der Waals surface area contributed by atoms with E-state index >= 15 is 0 Å². The molecule has 1 fully saturated rings. The molecule has 0 bridgehead atoms. The molecule has 1 saturated heterocycles. The minimum absolute atomic E-state index is 0.0245. The largest absolute Gasteiger partial charge is 0.379 e. The van der Waals surface area contributed by atoms with Crippen LogP contribution in [0.2, 0.25) is 0 Å². The van der Waals surface area contributed by atoms with Gasteiger partial charge in [-0.05, 0) is 12.1 Å². The molecule has 2 aliphatic rings. The van der Waals surface area contributed by atoms with Gasteiger partial charge in [0.1, 0.15) is 17.6 Å². The zero-order valence-corrected chi connectivity index (χ0v) is 17.0.